The van der Waals surface area contributed by atoms with Crippen molar-refractivity contribution in [3.63, 3.8) is 0 Å². The molecule has 1 amide bonds. The summed E-state index contributed by atoms with van der Waals surface area (Å²) >= 11 is 1.55. The van der Waals surface area contributed by atoms with E-state index in [0.717, 1.165) is 48.3 Å². The first-order chi connectivity index (χ1) is 12.6. The van der Waals surface area contributed by atoms with Crippen LogP contribution in [0, 0.1) is 13.8 Å². The fraction of sp³-hybridized carbons (Fsp3) is 0.474. The van der Waals surface area contributed by atoms with E-state index in [-0.39, 0.29) is 5.91 Å². The normalized spacial score (nSPS) is 14.6. The van der Waals surface area contributed by atoms with Gasteiger partial charge in [-0.25, -0.2) is 9.97 Å². The number of nitrogens with zero attached hydrogens (tertiary/aromatic N) is 5. The highest BCUT2D eigenvalue weighted by molar-refractivity contribution is 7.98. The van der Waals surface area contributed by atoms with Crippen LogP contribution in [-0.4, -0.2) is 58.2 Å². The number of carbonyl (C=O) groups excluding carboxylic acids is 1. The maximum atomic E-state index is 12.6. The molecule has 26 heavy (non-hydrogen) atoms. The van der Waals surface area contributed by atoms with E-state index < -0.39 is 0 Å². The number of rotatable bonds is 5. The predicted molar refractivity (Wildman–Crippen MR) is 105 cm³/mol. The van der Waals surface area contributed by atoms with E-state index in [1.807, 2.05) is 49.5 Å². The number of anilines is 1. The summed E-state index contributed by atoms with van der Waals surface area (Å²) in [6, 6.07) is 4.03. The Kier molecular flexibility index (Phi) is 6.08. The van der Waals surface area contributed by atoms with Gasteiger partial charge in [-0.05, 0) is 44.2 Å². The van der Waals surface area contributed by atoms with Crippen LogP contribution >= 0.6 is 11.8 Å². The van der Waals surface area contributed by atoms with E-state index in [1.165, 1.54) is 5.69 Å². The number of carbonyl (C=O) groups is 1. The van der Waals surface area contributed by atoms with Crippen molar-refractivity contribution in [2.75, 3.05) is 37.3 Å². The molecular formula is C19H25N5OS. The number of thioether (sulfide) groups is 1. The number of hydrogen-bond acceptors (Lipinski definition) is 6. The van der Waals surface area contributed by atoms with Crippen molar-refractivity contribution in [3.05, 3.63) is 41.5 Å². The molecule has 1 aliphatic rings. The SMILES string of the molecule is CSc1nc(C)c(CCC(=O)N2CCN(c3ccncc3)CC2)c(C)n1. The molecule has 0 atom stereocenters. The Balaban J connectivity index is 1.54. The first-order valence-corrected chi connectivity index (χ1v) is 10.1. The largest absolute Gasteiger partial charge is 0.368 e. The fourth-order valence-corrected chi connectivity index (χ4v) is 3.78. The van der Waals surface area contributed by atoms with Gasteiger partial charge in [0.05, 0.1) is 0 Å². The minimum Gasteiger partial charge on any atom is -0.368 e. The highest BCUT2D eigenvalue weighted by atomic mass is 32.2. The summed E-state index contributed by atoms with van der Waals surface area (Å²) in [7, 11) is 0. The number of hydrogen-bond donors (Lipinski definition) is 0. The van der Waals surface area contributed by atoms with E-state index in [9.17, 15) is 4.79 Å². The molecule has 2 aromatic heterocycles. The maximum Gasteiger partial charge on any atom is 0.223 e. The van der Waals surface area contributed by atoms with E-state index >= 15 is 0 Å². The molecule has 138 valence electrons. The van der Waals surface area contributed by atoms with Crippen LogP contribution in [0.2, 0.25) is 0 Å². The molecule has 0 bridgehead atoms. The van der Waals surface area contributed by atoms with Gasteiger partial charge in [-0.2, -0.15) is 0 Å². The predicted octanol–water partition coefficient (Wildman–Crippen LogP) is 2.49. The molecule has 7 heteroatoms. The van der Waals surface area contributed by atoms with Crippen molar-refractivity contribution < 1.29 is 4.79 Å². The third-order valence-corrected chi connectivity index (χ3v) is 5.38. The molecule has 3 heterocycles. The summed E-state index contributed by atoms with van der Waals surface area (Å²) in [5, 5.41) is 0.794. The lowest BCUT2D eigenvalue weighted by atomic mass is 10.1. The van der Waals surface area contributed by atoms with Crippen LogP contribution in [0.15, 0.2) is 29.7 Å². The van der Waals surface area contributed by atoms with Crippen molar-refractivity contribution in [2.45, 2.75) is 31.8 Å². The Hall–Kier alpha value is -2.15. The Morgan fingerprint density at radius 2 is 1.69 bits per heavy atom. The summed E-state index contributed by atoms with van der Waals surface area (Å²) in [4.78, 5) is 29.9. The van der Waals surface area contributed by atoms with Gasteiger partial charge in [0.25, 0.3) is 0 Å². The summed E-state index contributed by atoms with van der Waals surface area (Å²) in [6.07, 6.45) is 6.81. The lowest BCUT2D eigenvalue weighted by Crippen LogP contribution is -2.48. The summed E-state index contributed by atoms with van der Waals surface area (Å²) in [5.74, 6) is 0.215. The van der Waals surface area contributed by atoms with E-state index in [4.69, 9.17) is 0 Å². The first kappa shape index (κ1) is 18.6. The highest BCUT2D eigenvalue weighted by Gasteiger charge is 2.21. The number of piperazine rings is 1. The highest BCUT2D eigenvalue weighted by Crippen LogP contribution is 2.19. The van der Waals surface area contributed by atoms with Crippen molar-refractivity contribution in [3.8, 4) is 0 Å². The minimum absolute atomic E-state index is 0.215. The molecule has 1 fully saturated rings. The van der Waals surface area contributed by atoms with Gasteiger partial charge < -0.3 is 9.80 Å². The van der Waals surface area contributed by atoms with Crippen LogP contribution in [-0.2, 0) is 11.2 Å². The molecule has 6 nitrogen and oxygen atoms in total. The van der Waals surface area contributed by atoms with Crippen molar-refractivity contribution in [1.82, 2.24) is 19.9 Å². The van der Waals surface area contributed by atoms with Crippen molar-refractivity contribution in [2.24, 2.45) is 0 Å². The molecule has 0 unspecified atom stereocenters. The molecule has 1 saturated heterocycles. The third kappa shape index (κ3) is 4.33. The van der Waals surface area contributed by atoms with Gasteiger partial charge in [-0.3, -0.25) is 9.78 Å². The van der Waals surface area contributed by atoms with Gasteiger partial charge in [0, 0.05) is 62.1 Å². The third-order valence-electron chi connectivity index (χ3n) is 4.83. The first-order valence-electron chi connectivity index (χ1n) is 8.89. The second-order valence-corrected chi connectivity index (χ2v) is 7.21. The zero-order chi connectivity index (χ0) is 18.5. The van der Waals surface area contributed by atoms with Crippen LogP contribution in [0.1, 0.15) is 23.4 Å². The molecule has 0 N–H and O–H groups in total. The van der Waals surface area contributed by atoms with Crippen molar-refractivity contribution in [1.29, 1.82) is 0 Å². The second kappa shape index (κ2) is 8.49. The zero-order valence-corrected chi connectivity index (χ0v) is 16.4. The van der Waals surface area contributed by atoms with Gasteiger partial charge >= 0.3 is 0 Å². The average Bonchev–Trinajstić information content (AvgIpc) is 2.67. The molecule has 0 aromatic carbocycles. The number of pyridine rings is 1. The molecule has 0 radical (unpaired) electrons. The monoisotopic (exact) mass is 371 g/mol. The topological polar surface area (TPSA) is 62.2 Å². The molecule has 2 aromatic rings. The quantitative estimate of drug-likeness (QED) is 0.594. The standard InChI is InChI=1S/C19H25N5OS/c1-14-17(15(2)22-19(21-14)26-3)4-5-18(25)24-12-10-23(11-13-24)16-6-8-20-9-7-16/h6-9H,4-5,10-13H2,1-3H3. The molecular weight excluding hydrogens is 346 g/mol. The van der Waals surface area contributed by atoms with E-state index in [0.29, 0.717) is 12.8 Å². The van der Waals surface area contributed by atoms with Crippen molar-refractivity contribution >= 4 is 23.4 Å². The minimum atomic E-state index is 0.215. The molecule has 0 spiro atoms. The zero-order valence-electron chi connectivity index (χ0n) is 15.6. The Bertz CT molecular complexity index is 737. The maximum absolute atomic E-state index is 12.6. The van der Waals surface area contributed by atoms with Gasteiger partial charge in [0.1, 0.15) is 0 Å². The second-order valence-electron chi connectivity index (χ2n) is 6.43. The van der Waals surface area contributed by atoms with Crippen LogP contribution in [0.4, 0.5) is 5.69 Å². The molecule has 0 saturated carbocycles. The number of aromatic nitrogens is 3. The van der Waals surface area contributed by atoms with E-state index in [1.54, 1.807) is 11.8 Å². The molecule has 0 aliphatic carbocycles. The lowest BCUT2D eigenvalue weighted by molar-refractivity contribution is -0.131. The molecule has 3 rings (SSSR count). The Morgan fingerprint density at radius 3 is 2.27 bits per heavy atom. The van der Waals surface area contributed by atoms with Crippen LogP contribution in [0.5, 0.6) is 0 Å². The van der Waals surface area contributed by atoms with Crippen LogP contribution in [0.3, 0.4) is 0 Å². The van der Waals surface area contributed by atoms with Crippen LogP contribution in [0.25, 0.3) is 0 Å². The van der Waals surface area contributed by atoms with Gasteiger partial charge in [0.2, 0.25) is 5.91 Å². The van der Waals surface area contributed by atoms with E-state index in [2.05, 4.69) is 19.9 Å². The summed E-state index contributed by atoms with van der Waals surface area (Å²) in [6.45, 7) is 7.25. The van der Waals surface area contributed by atoms with Gasteiger partial charge in [0.15, 0.2) is 5.16 Å². The van der Waals surface area contributed by atoms with Gasteiger partial charge in [-0.1, -0.05) is 11.8 Å². The number of aryl methyl sites for hydroxylation is 2. The molecule has 1 aliphatic heterocycles. The number of amides is 1. The lowest BCUT2D eigenvalue weighted by Gasteiger charge is -2.36. The van der Waals surface area contributed by atoms with Crippen LogP contribution < -0.4 is 4.90 Å². The summed E-state index contributed by atoms with van der Waals surface area (Å²) < 4.78 is 0. The van der Waals surface area contributed by atoms with Gasteiger partial charge in [-0.15, -0.1) is 0 Å². The Morgan fingerprint density at radius 1 is 1.08 bits per heavy atom. The summed E-state index contributed by atoms with van der Waals surface area (Å²) in [5.41, 5.74) is 4.24. The smallest absolute Gasteiger partial charge is 0.223 e. The Labute approximate surface area is 159 Å². The fourth-order valence-electron chi connectivity index (χ4n) is 3.32. The average molecular weight is 372 g/mol.